The molecule has 1 saturated heterocycles. The van der Waals surface area contributed by atoms with Gasteiger partial charge in [-0.3, -0.25) is 14.4 Å². The monoisotopic (exact) mass is 497 g/mol. The SMILES string of the molecule is O=C(NC1CCCC1)c1ccc2c(c1)C(C1CCN(C(=O)COc3cc(F)ccc3F)CC1)C(=O)N2. The van der Waals surface area contributed by atoms with E-state index in [0.29, 0.717) is 31.5 Å². The third kappa shape index (κ3) is 5.05. The fourth-order valence-electron chi connectivity index (χ4n) is 5.53. The molecule has 1 saturated carbocycles. The van der Waals surface area contributed by atoms with Crippen molar-refractivity contribution < 1.29 is 27.9 Å². The molecule has 9 heteroatoms. The molecule has 0 aromatic heterocycles. The molecule has 2 heterocycles. The maximum absolute atomic E-state index is 13.7. The van der Waals surface area contributed by atoms with E-state index in [1.165, 1.54) is 0 Å². The molecule has 1 aliphatic carbocycles. The van der Waals surface area contributed by atoms with Gasteiger partial charge in [-0.1, -0.05) is 12.8 Å². The molecule has 0 spiro atoms. The van der Waals surface area contributed by atoms with E-state index in [1.54, 1.807) is 17.0 Å². The van der Waals surface area contributed by atoms with Crippen LogP contribution in [0.5, 0.6) is 5.75 Å². The number of carbonyl (C=O) groups excluding carboxylic acids is 3. The highest BCUT2D eigenvalue weighted by atomic mass is 19.1. The van der Waals surface area contributed by atoms with Gasteiger partial charge in [-0.25, -0.2) is 8.78 Å². The molecule has 1 atom stereocenters. The van der Waals surface area contributed by atoms with E-state index < -0.39 is 18.2 Å². The van der Waals surface area contributed by atoms with Crippen LogP contribution in [-0.2, 0) is 9.59 Å². The number of likely N-dealkylation sites (tertiary alicyclic amines) is 1. The average Bonchev–Trinajstić information content (AvgIpc) is 3.50. The lowest BCUT2D eigenvalue weighted by molar-refractivity contribution is -0.135. The van der Waals surface area contributed by atoms with Gasteiger partial charge >= 0.3 is 0 Å². The first-order chi connectivity index (χ1) is 17.4. The van der Waals surface area contributed by atoms with Gasteiger partial charge in [-0.05, 0) is 67.5 Å². The Hall–Kier alpha value is -3.49. The number of nitrogens with one attached hydrogen (secondary N) is 2. The van der Waals surface area contributed by atoms with E-state index in [1.807, 2.05) is 6.07 Å². The second-order valence-electron chi connectivity index (χ2n) is 9.81. The maximum Gasteiger partial charge on any atom is 0.260 e. The third-order valence-electron chi connectivity index (χ3n) is 7.49. The summed E-state index contributed by atoms with van der Waals surface area (Å²) in [6, 6.07) is 8.41. The summed E-state index contributed by atoms with van der Waals surface area (Å²) in [4.78, 5) is 39.8. The number of ether oxygens (including phenoxy) is 1. The number of nitrogens with zero attached hydrogens (tertiary/aromatic N) is 1. The number of piperidine rings is 1. The molecule has 36 heavy (non-hydrogen) atoms. The summed E-state index contributed by atoms with van der Waals surface area (Å²) in [5.41, 5.74) is 2.11. The number of anilines is 1. The van der Waals surface area contributed by atoms with Gasteiger partial charge in [0.15, 0.2) is 18.2 Å². The Bertz CT molecular complexity index is 1170. The van der Waals surface area contributed by atoms with Gasteiger partial charge in [0.1, 0.15) is 5.82 Å². The van der Waals surface area contributed by atoms with Crippen molar-refractivity contribution in [3.8, 4) is 5.75 Å². The Labute approximate surface area is 208 Å². The van der Waals surface area contributed by atoms with Crippen molar-refractivity contribution >= 4 is 23.4 Å². The third-order valence-corrected chi connectivity index (χ3v) is 7.49. The van der Waals surface area contributed by atoms with E-state index in [-0.39, 0.29) is 41.3 Å². The summed E-state index contributed by atoms with van der Waals surface area (Å²) in [6.45, 7) is 0.468. The molecule has 7 nitrogen and oxygen atoms in total. The van der Waals surface area contributed by atoms with Crippen LogP contribution in [0.3, 0.4) is 0 Å². The predicted octanol–water partition coefficient (Wildman–Crippen LogP) is 3.99. The van der Waals surface area contributed by atoms with Crippen molar-refractivity contribution in [3.05, 3.63) is 59.2 Å². The van der Waals surface area contributed by atoms with Crippen LogP contribution in [0.15, 0.2) is 36.4 Å². The van der Waals surface area contributed by atoms with Crippen molar-refractivity contribution in [2.45, 2.75) is 50.5 Å². The summed E-state index contributed by atoms with van der Waals surface area (Å²) in [6.07, 6.45) is 5.47. The Morgan fingerprint density at radius 2 is 1.78 bits per heavy atom. The second-order valence-corrected chi connectivity index (χ2v) is 9.81. The van der Waals surface area contributed by atoms with Crippen molar-refractivity contribution in [2.75, 3.05) is 25.0 Å². The fraction of sp³-hybridized carbons (Fsp3) is 0.444. The number of carbonyl (C=O) groups is 3. The Morgan fingerprint density at radius 1 is 1.03 bits per heavy atom. The summed E-state index contributed by atoms with van der Waals surface area (Å²) in [5, 5.41) is 6.02. The van der Waals surface area contributed by atoms with Gasteiger partial charge < -0.3 is 20.3 Å². The number of halogens is 2. The van der Waals surface area contributed by atoms with E-state index >= 15 is 0 Å². The van der Waals surface area contributed by atoms with Crippen LogP contribution >= 0.6 is 0 Å². The van der Waals surface area contributed by atoms with E-state index in [4.69, 9.17) is 4.74 Å². The number of amides is 3. The van der Waals surface area contributed by atoms with Crippen molar-refractivity contribution in [3.63, 3.8) is 0 Å². The quantitative estimate of drug-likeness (QED) is 0.632. The van der Waals surface area contributed by atoms with Gasteiger partial charge in [0, 0.05) is 36.4 Å². The number of rotatable bonds is 6. The minimum atomic E-state index is -0.731. The van der Waals surface area contributed by atoms with Crippen LogP contribution in [-0.4, -0.2) is 48.4 Å². The molecule has 190 valence electrons. The van der Waals surface area contributed by atoms with Crippen molar-refractivity contribution in [1.29, 1.82) is 0 Å². The predicted molar refractivity (Wildman–Crippen MR) is 129 cm³/mol. The molecule has 0 radical (unpaired) electrons. The van der Waals surface area contributed by atoms with Crippen LogP contribution in [0.2, 0.25) is 0 Å². The zero-order chi connectivity index (χ0) is 25.2. The molecule has 2 fully saturated rings. The summed E-state index contributed by atoms with van der Waals surface area (Å²) in [5.74, 6) is -2.56. The maximum atomic E-state index is 13.7. The van der Waals surface area contributed by atoms with E-state index in [2.05, 4.69) is 10.6 Å². The summed E-state index contributed by atoms with van der Waals surface area (Å²) < 4.78 is 32.3. The Morgan fingerprint density at radius 3 is 2.53 bits per heavy atom. The van der Waals surface area contributed by atoms with Crippen LogP contribution < -0.4 is 15.4 Å². The molecular weight excluding hydrogens is 468 g/mol. The Balaban J connectivity index is 1.20. The minimum absolute atomic E-state index is 0.0185. The molecule has 5 rings (SSSR count). The molecule has 3 aliphatic rings. The topological polar surface area (TPSA) is 87.7 Å². The second kappa shape index (κ2) is 10.2. The van der Waals surface area contributed by atoms with Crippen molar-refractivity contribution in [2.24, 2.45) is 5.92 Å². The van der Waals surface area contributed by atoms with E-state index in [9.17, 15) is 23.2 Å². The molecule has 2 aromatic rings. The van der Waals surface area contributed by atoms with Crippen molar-refractivity contribution in [1.82, 2.24) is 10.2 Å². The summed E-state index contributed by atoms with van der Waals surface area (Å²) >= 11 is 0. The average molecular weight is 498 g/mol. The van der Waals surface area contributed by atoms with Gasteiger partial charge in [0.2, 0.25) is 5.91 Å². The molecule has 3 amide bonds. The minimum Gasteiger partial charge on any atom is -0.481 e. The first-order valence-electron chi connectivity index (χ1n) is 12.5. The van der Waals surface area contributed by atoms with Crippen LogP contribution in [0.1, 0.15) is 60.4 Å². The largest absolute Gasteiger partial charge is 0.481 e. The zero-order valence-corrected chi connectivity index (χ0v) is 19.9. The lowest BCUT2D eigenvalue weighted by Gasteiger charge is -2.34. The number of hydrogen-bond acceptors (Lipinski definition) is 4. The summed E-state index contributed by atoms with van der Waals surface area (Å²) in [7, 11) is 0. The lowest BCUT2D eigenvalue weighted by Crippen LogP contribution is -2.42. The smallest absolute Gasteiger partial charge is 0.260 e. The molecule has 0 bridgehead atoms. The molecule has 1 unspecified atom stereocenters. The highest BCUT2D eigenvalue weighted by Crippen LogP contribution is 2.42. The van der Waals surface area contributed by atoms with Crippen LogP contribution in [0.25, 0.3) is 0 Å². The van der Waals surface area contributed by atoms with E-state index in [0.717, 1.165) is 55.1 Å². The van der Waals surface area contributed by atoms with Gasteiger partial charge in [-0.15, -0.1) is 0 Å². The zero-order valence-electron chi connectivity index (χ0n) is 19.9. The van der Waals surface area contributed by atoms with Gasteiger partial charge in [-0.2, -0.15) is 0 Å². The van der Waals surface area contributed by atoms with Crippen LogP contribution in [0.4, 0.5) is 14.5 Å². The molecule has 2 aromatic carbocycles. The Kier molecular flexibility index (Phi) is 6.89. The van der Waals surface area contributed by atoms with Gasteiger partial charge in [0.05, 0.1) is 5.92 Å². The first-order valence-corrected chi connectivity index (χ1v) is 12.5. The highest BCUT2D eigenvalue weighted by molar-refractivity contribution is 6.05. The number of benzene rings is 2. The first kappa shape index (κ1) is 24.2. The lowest BCUT2D eigenvalue weighted by atomic mass is 9.80. The number of fused-ring (bicyclic) bond motifs is 1. The van der Waals surface area contributed by atoms with Gasteiger partial charge in [0.25, 0.3) is 11.8 Å². The number of hydrogen-bond donors (Lipinski definition) is 2. The van der Waals surface area contributed by atoms with Crippen LogP contribution in [0, 0.1) is 17.6 Å². The normalized spacial score (nSPS) is 20.2. The molecule has 2 N–H and O–H groups in total. The molecular formula is C27H29F2N3O4. The standard InChI is InChI=1S/C27H29F2N3O4/c28-18-6-7-21(29)23(14-18)36-15-24(33)32-11-9-16(10-12-32)25-20-13-17(5-8-22(20)31-27(25)35)26(34)30-19-3-1-2-4-19/h5-8,13-14,16,19,25H,1-4,9-12,15H2,(H,30,34)(H,31,35). The highest BCUT2D eigenvalue weighted by Gasteiger charge is 2.39. The molecule has 2 aliphatic heterocycles. The fourth-order valence-corrected chi connectivity index (χ4v) is 5.53.